The molecule has 0 spiro atoms. The van der Waals surface area contributed by atoms with E-state index in [2.05, 4.69) is 10.1 Å². The van der Waals surface area contributed by atoms with Crippen LogP contribution in [0.1, 0.15) is 18.3 Å². The third-order valence-electron chi connectivity index (χ3n) is 2.89. The van der Waals surface area contributed by atoms with Crippen molar-refractivity contribution in [2.24, 2.45) is 5.73 Å². The van der Waals surface area contributed by atoms with Crippen LogP contribution in [-0.2, 0) is 12.0 Å². The third-order valence-corrected chi connectivity index (χ3v) is 2.89. The summed E-state index contributed by atoms with van der Waals surface area (Å²) < 4.78 is 15.2. The van der Waals surface area contributed by atoms with Crippen molar-refractivity contribution in [2.45, 2.75) is 18.9 Å². The third kappa shape index (κ3) is 2.85. The van der Waals surface area contributed by atoms with Crippen LogP contribution >= 0.6 is 0 Å². The van der Waals surface area contributed by atoms with E-state index in [0.717, 1.165) is 5.56 Å². The summed E-state index contributed by atoms with van der Waals surface area (Å²) >= 11 is 0. The Balaban J connectivity index is 2.24. The Bertz CT molecular complexity index is 538. The molecule has 0 aliphatic carbocycles. The number of hydrogen-bond donors (Lipinski definition) is 1. The van der Waals surface area contributed by atoms with Gasteiger partial charge in [-0.25, -0.2) is 0 Å². The minimum absolute atomic E-state index is 0.474. The summed E-state index contributed by atoms with van der Waals surface area (Å²) in [5.74, 6) is 1.83. The van der Waals surface area contributed by atoms with Gasteiger partial charge in [-0.3, -0.25) is 0 Å². The van der Waals surface area contributed by atoms with E-state index < -0.39 is 5.54 Å². The number of nitrogens with zero attached hydrogens (tertiary/aromatic N) is 2. The van der Waals surface area contributed by atoms with Crippen molar-refractivity contribution >= 4 is 0 Å². The minimum atomic E-state index is -0.702. The first-order valence-electron chi connectivity index (χ1n) is 5.83. The second kappa shape index (κ2) is 5.27. The summed E-state index contributed by atoms with van der Waals surface area (Å²) in [5.41, 5.74) is 6.52. The molecule has 102 valence electrons. The van der Waals surface area contributed by atoms with Crippen LogP contribution in [0.5, 0.6) is 11.5 Å². The maximum Gasteiger partial charge on any atom is 0.213 e. The van der Waals surface area contributed by atoms with Crippen molar-refractivity contribution in [1.29, 1.82) is 0 Å². The Hall–Kier alpha value is -2.08. The van der Waals surface area contributed by atoms with Gasteiger partial charge in [-0.15, -0.1) is 0 Å². The second-order valence-electron chi connectivity index (χ2n) is 4.54. The number of aromatic nitrogens is 2. The van der Waals surface area contributed by atoms with Crippen molar-refractivity contribution < 1.29 is 14.0 Å². The molecule has 1 atom stereocenters. The SMILES string of the molecule is COc1ccc(CC(C)(N)c2ncon2)cc1OC. The van der Waals surface area contributed by atoms with Gasteiger partial charge < -0.3 is 19.7 Å². The summed E-state index contributed by atoms with van der Waals surface area (Å²) in [6, 6.07) is 5.68. The average molecular weight is 263 g/mol. The van der Waals surface area contributed by atoms with Crippen molar-refractivity contribution in [3.05, 3.63) is 36.0 Å². The number of ether oxygens (including phenoxy) is 2. The van der Waals surface area contributed by atoms with E-state index in [-0.39, 0.29) is 0 Å². The van der Waals surface area contributed by atoms with Gasteiger partial charge in [-0.2, -0.15) is 4.98 Å². The summed E-state index contributed by atoms with van der Waals surface area (Å²) in [6.45, 7) is 1.86. The molecule has 2 aromatic rings. The van der Waals surface area contributed by atoms with E-state index in [1.54, 1.807) is 14.2 Å². The molecule has 0 bridgehead atoms. The van der Waals surface area contributed by atoms with Crippen molar-refractivity contribution in [1.82, 2.24) is 10.1 Å². The van der Waals surface area contributed by atoms with E-state index in [4.69, 9.17) is 19.7 Å². The Labute approximate surface area is 111 Å². The Morgan fingerprint density at radius 2 is 2.00 bits per heavy atom. The molecule has 0 saturated heterocycles. The van der Waals surface area contributed by atoms with Crippen LogP contribution in [0.25, 0.3) is 0 Å². The maximum absolute atomic E-state index is 6.22. The monoisotopic (exact) mass is 263 g/mol. The van der Waals surface area contributed by atoms with Crippen LogP contribution < -0.4 is 15.2 Å². The van der Waals surface area contributed by atoms with Crippen LogP contribution in [0.3, 0.4) is 0 Å². The highest BCUT2D eigenvalue weighted by Gasteiger charge is 2.27. The predicted molar refractivity (Wildman–Crippen MR) is 69.1 cm³/mol. The molecule has 0 aliphatic rings. The van der Waals surface area contributed by atoms with E-state index >= 15 is 0 Å². The van der Waals surface area contributed by atoms with Crippen LogP contribution in [0.4, 0.5) is 0 Å². The molecule has 1 aromatic heterocycles. The fraction of sp³-hybridized carbons (Fsp3) is 0.385. The number of nitrogens with two attached hydrogens (primary N) is 1. The van der Waals surface area contributed by atoms with Crippen LogP contribution in [0.15, 0.2) is 29.1 Å². The van der Waals surface area contributed by atoms with Gasteiger partial charge in [0.15, 0.2) is 17.3 Å². The maximum atomic E-state index is 6.22. The minimum Gasteiger partial charge on any atom is -0.493 e. The predicted octanol–water partition coefficient (Wildman–Crippen LogP) is 1.50. The fourth-order valence-corrected chi connectivity index (χ4v) is 1.92. The van der Waals surface area contributed by atoms with Crippen LogP contribution in [-0.4, -0.2) is 24.4 Å². The summed E-state index contributed by atoms with van der Waals surface area (Å²) in [4.78, 5) is 4.00. The number of hydrogen-bond acceptors (Lipinski definition) is 6. The van der Waals surface area contributed by atoms with Crippen LogP contribution in [0, 0.1) is 0 Å². The van der Waals surface area contributed by atoms with Gasteiger partial charge in [0.05, 0.1) is 19.8 Å². The topological polar surface area (TPSA) is 83.4 Å². The molecule has 2 N–H and O–H groups in total. The highest BCUT2D eigenvalue weighted by molar-refractivity contribution is 5.43. The zero-order chi connectivity index (χ0) is 13.9. The highest BCUT2D eigenvalue weighted by atomic mass is 16.5. The lowest BCUT2D eigenvalue weighted by Crippen LogP contribution is -2.36. The van der Waals surface area contributed by atoms with Crippen molar-refractivity contribution in [3.63, 3.8) is 0 Å². The van der Waals surface area contributed by atoms with Gasteiger partial charge in [0.2, 0.25) is 6.39 Å². The lowest BCUT2D eigenvalue weighted by atomic mass is 9.93. The zero-order valence-electron chi connectivity index (χ0n) is 11.2. The summed E-state index contributed by atoms with van der Waals surface area (Å²) in [6.07, 6.45) is 1.84. The molecule has 6 nitrogen and oxygen atoms in total. The first-order valence-corrected chi connectivity index (χ1v) is 5.83. The fourth-order valence-electron chi connectivity index (χ4n) is 1.92. The molecule has 1 unspecified atom stereocenters. The Morgan fingerprint density at radius 3 is 2.58 bits per heavy atom. The molecule has 6 heteroatoms. The van der Waals surface area contributed by atoms with Gasteiger partial charge in [0.1, 0.15) is 0 Å². The largest absolute Gasteiger partial charge is 0.493 e. The van der Waals surface area contributed by atoms with E-state index in [9.17, 15) is 0 Å². The van der Waals surface area contributed by atoms with Gasteiger partial charge in [-0.1, -0.05) is 11.2 Å². The van der Waals surface area contributed by atoms with Gasteiger partial charge >= 0.3 is 0 Å². The molecular formula is C13H17N3O3. The molecule has 0 amide bonds. The second-order valence-corrected chi connectivity index (χ2v) is 4.54. The summed E-state index contributed by atoms with van der Waals surface area (Å²) in [5, 5.41) is 3.79. The molecule has 0 radical (unpaired) electrons. The molecule has 19 heavy (non-hydrogen) atoms. The standard InChI is InChI=1S/C13H17N3O3/c1-13(14,12-15-8-19-16-12)7-9-4-5-10(17-2)11(6-9)18-3/h4-6,8H,7,14H2,1-3H3. The molecule has 1 aromatic carbocycles. The molecule has 1 heterocycles. The highest BCUT2D eigenvalue weighted by Crippen LogP contribution is 2.30. The quantitative estimate of drug-likeness (QED) is 0.880. The molecule has 0 aliphatic heterocycles. The van der Waals surface area contributed by atoms with Crippen LogP contribution in [0.2, 0.25) is 0 Å². The van der Waals surface area contributed by atoms with E-state index in [1.807, 2.05) is 25.1 Å². The van der Waals surface area contributed by atoms with Gasteiger partial charge in [0, 0.05) is 0 Å². The number of rotatable bonds is 5. The first-order chi connectivity index (χ1) is 9.06. The van der Waals surface area contributed by atoms with E-state index in [0.29, 0.717) is 23.7 Å². The van der Waals surface area contributed by atoms with E-state index in [1.165, 1.54) is 6.39 Å². The molecule has 2 rings (SSSR count). The average Bonchev–Trinajstić information content (AvgIpc) is 2.93. The first kappa shape index (κ1) is 13.4. The smallest absolute Gasteiger partial charge is 0.213 e. The van der Waals surface area contributed by atoms with Crippen molar-refractivity contribution in [2.75, 3.05) is 14.2 Å². The zero-order valence-corrected chi connectivity index (χ0v) is 11.2. The molecule has 0 saturated carbocycles. The molecular weight excluding hydrogens is 246 g/mol. The number of benzene rings is 1. The van der Waals surface area contributed by atoms with Gasteiger partial charge in [0.25, 0.3) is 0 Å². The van der Waals surface area contributed by atoms with Gasteiger partial charge in [-0.05, 0) is 31.0 Å². The Kier molecular flexibility index (Phi) is 3.71. The lowest BCUT2D eigenvalue weighted by Gasteiger charge is -2.21. The lowest BCUT2D eigenvalue weighted by molar-refractivity contribution is 0.353. The summed E-state index contributed by atoms with van der Waals surface area (Å²) in [7, 11) is 3.20. The normalized spacial score (nSPS) is 13.9. The Morgan fingerprint density at radius 1 is 1.26 bits per heavy atom. The molecule has 0 fully saturated rings. The van der Waals surface area contributed by atoms with Crippen molar-refractivity contribution in [3.8, 4) is 11.5 Å². The number of methoxy groups -OCH3 is 2.